The molecule has 1 aliphatic carbocycles. The Hall–Kier alpha value is -3.60. The summed E-state index contributed by atoms with van der Waals surface area (Å²) in [5, 5.41) is 3.45. The lowest BCUT2D eigenvalue weighted by molar-refractivity contribution is -0.117. The summed E-state index contributed by atoms with van der Waals surface area (Å²) in [5.74, 6) is -0.0875. The van der Waals surface area contributed by atoms with Crippen LogP contribution in [0.1, 0.15) is 57.2 Å². The molecular weight excluding hydrogens is 437 g/mol. The van der Waals surface area contributed by atoms with Gasteiger partial charge in [0.05, 0.1) is 22.4 Å². The number of benzene rings is 2. The molecule has 0 amide bonds. The fourth-order valence-electron chi connectivity index (χ4n) is 4.21. The van der Waals surface area contributed by atoms with Crippen molar-refractivity contribution in [2.24, 2.45) is 0 Å². The number of nitrogens with one attached hydrogen (secondary N) is 1. The van der Waals surface area contributed by atoms with Gasteiger partial charge in [-0.15, -0.1) is 0 Å². The highest BCUT2D eigenvalue weighted by Crippen LogP contribution is 2.27. The molecule has 1 heterocycles. The van der Waals surface area contributed by atoms with Gasteiger partial charge in [-0.05, 0) is 87.9 Å². The Morgan fingerprint density at radius 2 is 1.83 bits per heavy atom. The van der Waals surface area contributed by atoms with Gasteiger partial charge in [0.15, 0.2) is 0 Å². The van der Waals surface area contributed by atoms with E-state index in [1.165, 1.54) is 23.3 Å². The zero-order chi connectivity index (χ0) is 24.8. The molecule has 0 fully saturated rings. The van der Waals surface area contributed by atoms with E-state index in [1.54, 1.807) is 19.1 Å². The molecule has 3 aromatic rings. The van der Waals surface area contributed by atoms with Crippen molar-refractivity contribution >= 4 is 22.5 Å². The summed E-state index contributed by atoms with van der Waals surface area (Å²) in [7, 11) is 0. The molecule has 2 aromatic carbocycles. The van der Waals surface area contributed by atoms with E-state index in [1.807, 2.05) is 18.2 Å². The lowest BCUT2D eigenvalue weighted by Gasteiger charge is -2.16. The van der Waals surface area contributed by atoms with Crippen LogP contribution in [0.25, 0.3) is 28.0 Å². The van der Waals surface area contributed by atoms with Crippen LogP contribution in [0, 0.1) is 5.82 Å². The number of unbranched alkanes of at least 4 members (excludes halogenated alkanes) is 1. The molecule has 1 aromatic heterocycles. The Kier molecular flexibility index (Phi) is 7.86. The molecule has 1 N–H and O–H groups in total. The Labute approximate surface area is 206 Å². The molecule has 1 aliphatic rings. The number of nitrogens with zero attached hydrogens (tertiary/aromatic N) is 2. The monoisotopic (exact) mass is 469 g/mol. The van der Waals surface area contributed by atoms with Crippen LogP contribution in [-0.4, -0.2) is 22.3 Å². The molecule has 5 heteroatoms. The first-order chi connectivity index (χ1) is 16.9. The van der Waals surface area contributed by atoms with Gasteiger partial charge in [-0.1, -0.05) is 35.9 Å². The molecule has 4 nitrogen and oxygen atoms in total. The van der Waals surface area contributed by atoms with Crippen LogP contribution in [0.4, 0.5) is 4.39 Å². The Bertz CT molecular complexity index is 1310. The first-order valence-electron chi connectivity index (χ1n) is 12.2. The second-order valence-corrected chi connectivity index (χ2v) is 9.31. The predicted octanol–water partition coefficient (Wildman–Crippen LogP) is 6.96. The normalized spacial score (nSPS) is 13.3. The second kappa shape index (κ2) is 11.2. The minimum Gasteiger partial charge on any atom is -0.381 e. The smallest absolute Gasteiger partial charge is 0.129 e. The molecule has 35 heavy (non-hydrogen) atoms. The highest BCUT2D eigenvalue weighted by atomic mass is 19.1. The van der Waals surface area contributed by atoms with Crippen molar-refractivity contribution in [3.63, 3.8) is 0 Å². The quantitative estimate of drug-likeness (QED) is 0.326. The van der Waals surface area contributed by atoms with Crippen molar-refractivity contribution in [1.29, 1.82) is 0 Å². The van der Waals surface area contributed by atoms with Crippen molar-refractivity contribution in [2.45, 2.75) is 52.4 Å². The summed E-state index contributed by atoms with van der Waals surface area (Å²) in [4.78, 5) is 21.2. The number of carbonyl (C=O) groups is 1. The number of Topliss-reactive ketones (excluding diaryl/α,β-unsaturated/α-hetero) is 1. The molecule has 0 aliphatic heterocycles. The maximum absolute atomic E-state index is 13.5. The van der Waals surface area contributed by atoms with Gasteiger partial charge in [0.25, 0.3) is 0 Å². The second-order valence-electron chi connectivity index (χ2n) is 9.31. The third kappa shape index (κ3) is 6.50. The van der Waals surface area contributed by atoms with Crippen LogP contribution < -0.4 is 5.32 Å². The fraction of sp³-hybridized carbons (Fsp3) is 0.300. The van der Waals surface area contributed by atoms with Crippen LogP contribution in [0.3, 0.4) is 0 Å². The van der Waals surface area contributed by atoms with Crippen LogP contribution >= 0.6 is 0 Å². The lowest BCUT2D eigenvalue weighted by Crippen LogP contribution is -2.16. The van der Waals surface area contributed by atoms with Gasteiger partial charge in [-0.3, -0.25) is 0 Å². The molecule has 0 spiro atoms. The van der Waals surface area contributed by atoms with Gasteiger partial charge in [0.2, 0.25) is 0 Å². The van der Waals surface area contributed by atoms with E-state index >= 15 is 0 Å². The van der Waals surface area contributed by atoms with E-state index in [0.29, 0.717) is 12.8 Å². The Morgan fingerprint density at radius 3 is 2.54 bits per heavy atom. The van der Waals surface area contributed by atoms with Gasteiger partial charge in [0, 0.05) is 24.2 Å². The maximum Gasteiger partial charge on any atom is 0.129 e. The number of halogens is 1. The van der Waals surface area contributed by atoms with E-state index < -0.39 is 0 Å². The number of rotatable bonds is 10. The van der Waals surface area contributed by atoms with E-state index in [9.17, 15) is 9.18 Å². The number of hydrogen-bond donors (Lipinski definition) is 1. The van der Waals surface area contributed by atoms with Crippen LogP contribution in [-0.2, 0) is 11.2 Å². The van der Waals surface area contributed by atoms with Gasteiger partial charge < -0.3 is 10.1 Å². The van der Waals surface area contributed by atoms with Crippen LogP contribution in [0.2, 0.25) is 0 Å². The molecule has 0 bridgehead atoms. The summed E-state index contributed by atoms with van der Waals surface area (Å²) in [6.45, 7) is 8.79. The summed E-state index contributed by atoms with van der Waals surface area (Å²) in [6, 6.07) is 12.3. The number of aromatic nitrogens is 2. The lowest BCUT2D eigenvalue weighted by atomic mass is 9.99. The first kappa shape index (κ1) is 24.5. The standard InChI is InChI=1S/C30H32FN3O/c1-20-8-10-23(11-9-20)19-32-22(3)25-14-17-27-29(18-25)33-28(7-5-4-6-21(2)35)30(34-27)24-12-15-26(31)16-13-24/h8,10,12-18,32H,3-7,9,11,19H2,1-2H3. The Balaban J connectivity index is 1.58. The number of fused-ring (bicyclic) bond motifs is 1. The van der Waals surface area contributed by atoms with E-state index in [0.717, 1.165) is 71.5 Å². The van der Waals surface area contributed by atoms with Gasteiger partial charge >= 0.3 is 0 Å². The zero-order valence-corrected chi connectivity index (χ0v) is 20.5. The maximum atomic E-state index is 13.5. The first-order valence-corrected chi connectivity index (χ1v) is 12.2. The predicted molar refractivity (Wildman–Crippen MR) is 141 cm³/mol. The molecule has 4 rings (SSSR count). The van der Waals surface area contributed by atoms with Gasteiger partial charge in [-0.25, -0.2) is 14.4 Å². The van der Waals surface area contributed by atoms with Crippen molar-refractivity contribution in [3.8, 4) is 11.3 Å². The third-order valence-corrected chi connectivity index (χ3v) is 6.37. The van der Waals surface area contributed by atoms with Crippen LogP contribution in [0.5, 0.6) is 0 Å². The van der Waals surface area contributed by atoms with E-state index in [2.05, 4.69) is 31.0 Å². The molecule has 0 radical (unpaired) electrons. The molecule has 0 saturated heterocycles. The highest BCUT2D eigenvalue weighted by Gasteiger charge is 2.13. The molecule has 180 valence electrons. The summed E-state index contributed by atoms with van der Waals surface area (Å²) in [5.41, 5.74) is 8.65. The topological polar surface area (TPSA) is 54.9 Å². The molecule has 0 saturated carbocycles. The van der Waals surface area contributed by atoms with E-state index in [4.69, 9.17) is 9.97 Å². The number of carbonyl (C=O) groups excluding carboxylic acids is 1. The highest BCUT2D eigenvalue weighted by molar-refractivity contribution is 5.82. The molecule has 0 unspecified atom stereocenters. The van der Waals surface area contributed by atoms with Gasteiger partial charge in [0.1, 0.15) is 11.6 Å². The average Bonchev–Trinajstić information content (AvgIpc) is 2.85. The summed E-state index contributed by atoms with van der Waals surface area (Å²) in [6.07, 6.45) is 9.48. The van der Waals surface area contributed by atoms with E-state index in [-0.39, 0.29) is 11.6 Å². The van der Waals surface area contributed by atoms with Crippen molar-refractivity contribution in [3.05, 3.63) is 89.4 Å². The van der Waals surface area contributed by atoms with Crippen molar-refractivity contribution in [2.75, 3.05) is 6.54 Å². The minimum absolute atomic E-state index is 0.194. The largest absolute Gasteiger partial charge is 0.381 e. The van der Waals surface area contributed by atoms with Crippen molar-refractivity contribution in [1.82, 2.24) is 15.3 Å². The summed E-state index contributed by atoms with van der Waals surface area (Å²) >= 11 is 0. The number of ketones is 1. The zero-order valence-electron chi connectivity index (χ0n) is 20.5. The summed E-state index contributed by atoms with van der Waals surface area (Å²) < 4.78 is 13.5. The minimum atomic E-state index is -0.281. The van der Waals surface area contributed by atoms with Crippen molar-refractivity contribution < 1.29 is 9.18 Å². The molecule has 0 atom stereocenters. The van der Waals surface area contributed by atoms with Gasteiger partial charge in [-0.2, -0.15) is 0 Å². The Morgan fingerprint density at radius 1 is 1.03 bits per heavy atom. The van der Waals surface area contributed by atoms with Crippen LogP contribution in [0.15, 0.2) is 72.3 Å². The number of hydrogen-bond acceptors (Lipinski definition) is 4. The SMILES string of the molecule is C=C(NCC1=CC=C(C)CC1)c1ccc2nc(-c3ccc(F)cc3)c(CCCCC(C)=O)nc2c1. The third-order valence-electron chi connectivity index (χ3n) is 6.37. The average molecular weight is 470 g/mol. The fourth-order valence-corrected chi connectivity index (χ4v) is 4.21. The number of allylic oxidation sites excluding steroid dienone is 3. The number of aryl methyl sites for hydroxylation is 1. The molecular formula is C30H32FN3O.